The van der Waals surface area contributed by atoms with E-state index in [4.69, 9.17) is 12.2 Å². The largest absolute Gasteiger partial charge is 0.118 e. The lowest BCUT2D eigenvalue weighted by atomic mass is 10.2. The van der Waals surface area contributed by atoms with Crippen LogP contribution in [0.5, 0.6) is 0 Å². The summed E-state index contributed by atoms with van der Waals surface area (Å²) in [7, 11) is 0. The molecule has 1 aromatic rings. The highest BCUT2D eigenvalue weighted by molar-refractivity contribution is 9.10. The highest BCUT2D eigenvalue weighted by Crippen LogP contribution is 2.14. The molecule has 0 aliphatic heterocycles. The molecule has 0 aromatic heterocycles. The summed E-state index contributed by atoms with van der Waals surface area (Å²) in [4.78, 5) is 0. The van der Waals surface area contributed by atoms with E-state index in [1.807, 2.05) is 12.1 Å². The molecule has 0 saturated carbocycles. The minimum Gasteiger partial charge on any atom is -0.118 e. The van der Waals surface area contributed by atoms with Crippen LogP contribution in [-0.4, -0.2) is 4.70 Å². The lowest BCUT2D eigenvalue weighted by Crippen LogP contribution is -1.77. The normalized spacial score (nSPS) is 9.55. The van der Waals surface area contributed by atoms with Gasteiger partial charge in [0.2, 0.25) is 0 Å². The minimum atomic E-state index is 0.969. The van der Waals surface area contributed by atoms with Crippen molar-refractivity contribution < 1.29 is 0 Å². The Hall–Kier alpha value is 0.140. The van der Waals surface area contributed by atoms with E-state index in [0.29, 0.717) is 0 Å². The maximum absolute atomic E-state index is 4.71. The first-order chi connectivity index (χ1) is 5.33. The number of hydrogen-bond acceptors (Lipinski definition) is 2. The molecule has 11 heavy (non-hydrogen) atoms. The highest BCUT2D eigenvalue weighted by atomic mass is 79.9. The zero-order valence-corrected chi connectivity index (χ0v) is 9.01. The van der Waals surface area contributed by atoms with Crippen LogP contribution in [-0.2, 0) is 5.75 Å². The van der Waals surface area contributed by atoms with Gasteiger partial charge in [-0.1, -0.05) is 40.3 Å². The van der Waals surface area contributed by atoms with Crippen LogP contribution in [0.15, 0.2) is 28.7 Å². The first kappa shape index (κ1) is 9.23. The summed E-state index contributed by atoms with van der Waals surface area (Å²) in [5.74, 6) is 0.969. The van der Waals surface area contributed by atoms with Crippen LogP contribution in [0, 0.1) is 0 Å². The number of rotatable bonds is 3. The van der Waals surface area contributed by atoms with Crippen molar-refractivity contribution in [1.82, 2.24) is 0 Å². The lowest BCUT2D eigenvalue weighted by Gasteiger charge is -1.96. The Kier molecular flexibility index (Phi) is 4.12. The van der Waals surface area contributed by atoms with Gasteiger partial charge in [-0.15, -0.1) is 11.8 Å². The Morgan fingerprint density at radius 3 is 2.55 bits per heavy atom. The average Bonchev–Trinajstić information content (AvgIpc) is 2.04. The summed E-state index contributed by atoms with van der Waals surface area (Å²) < 4.78 is 2.82. The van der Waals surface area contributed by atoms with Crippen LogP contribution in [0.3, 0.4) is 0 Å². The molecule has 0 radical (unpaired) electrons. The van der Waals surface area contributed by atoms with Crippen LogP contribution in [0.25, 0.3) is 0 Å². The first-order valence-electron chi connectivity index (χ1n) is 3.12. The van der Waals surface area contributed by atoms with E-state index in [1.54, 1.807) is 16.5 Å². The van der Waals surface area contributed by atoms with Crippen LogP contribution < -0.4 is 0 Å². The molecule has 0 atom stereocenters. The second kappa shape index (κ2) is 4.91. The Bertz CT molecular complexity index is 230. The Morgan fingerprint density at radius 1 is 1.36 bits per heavy atom. The van der Waals surface area contributed by atoms with Crippen LogP contribution in [0.1, 0.15) is 5.56 Å². The second-order valence-electron chi connectivity index (χ2n) is 2.03. The van der Waals surface area contributed by atoms with Gasteiger partial charge in [0, 0.05) is 14.9 Å². The molecule has 0 aliphatic rings. The third-order valence-electron chi connectivity index (χ3n) is 1.23. The summed E-state index contributed by atoms with van der Waals surface area (Å²) in [6.07, 6.45) is 0. The van der Waals surface area contributed by atoms with Gasteiger partial charge < -0.3 is 0 Å². The molecule has 0 nitrogen and oxygen atoms in total. The molecule has 0 aliphatic carbocycles. The third-order valence-corrected chi connectivity index (χ3v) is 2.80. The number of halogens is 1. The molecule has 3 heteroatoms. The van der Waals surface area contributed by atoms with Crippen molar-refractivity contribution in [3.05, 3.63) is 34.3 Å². The van der Waals surface area contributed by atoms with Crippen LogP contribution in [0.2, 0.25) is 0 Å². The van der Waals surface area contributed by atoms with E-state index in [2.05, 4.69) is 28.1 Å². The fraction of sp³-hybridized carbons (Fsp3) is 0.125. The molecule has 58 valence electrons. The predicted octanol–water partition coefficient (Wildman–Crippen LogP) is 3.64. The first-order valence-corrected chi connectivity index (χ1v) is 5.44. The van der Waals surface area contributed by atoms with E-state index in [0.717, 1.165) is 10.2 Å². The molecule has 0 amide bonds. The molecule has 0 fully saturated rings. The quantitative estimate of drug-likeness (QED) is 0.748. The minimum absolute atomic E-state index is 0.969. The molecule has 0 saturated heterocycles. The maximum Gasteiger partial charge on any atom is 0.0345 e. The second-order valence-corrected chi connectivity index (χ2v) is 4.34. The zero-order chi connectivity index (χ0) is 8.10. The fourth-order valence-corrected chi connectivity index (χ4v) is 1.63. The topological polar surface area (TPSA) is 0 Å². The summed E-state index contributed by atoms with van der Waals surface area (Å²) in [5, 5.41) is 0. The SMILES string of the molecule is S=CSCc1ccc(Br)cc1. The smallest absolute Gasteiger partial charge is 0.0345 e. The van der Waals surface area contributed by atoms with Gasteiger partial charge in [0.1, 0.15) is 0 Å². The van der Waals surface area contributed by atoms with Gasteiger partial charge in [-0.25, -0.2) is 0 Å². The molecule has 0 bridgehead atoms. The van der Waals surface area contributed by atoms with E-state index >= 15 is 0 Å². The van der Waals surface area contributed by atoms with E-state index in [1.165, 1.54) is 5.56 Å². The highest BCUT2D eigenvalue weighted by Gasteiger charge is 1.90. The van der Waals surface area contributed by atoms with E-state index in [9.17, 15) is 0 Å². The molecule has 0 heterocycles. The van der Waals surface area contributed by atoms with E-state index < -0.39 is 0 Å². The Balaban J connectivity index is 2.58. The summed E-state index contributed by atoms with van der Waals surface area (Å²) in [6, 6.07) is 8.27. The number of hydrogen-bond donors (Lipinski definition) is 0. The molecule has 1 aromatic carbocycles. The van der Waals surface area contributed by atoms with Gasteiger partial charge in [-0.3, -0.25) is 0 Å². The van der Waals surface area contributed by atoms with Crippen molar-refractivity contribution >= 4 is 44.6 Å². The molecule has 0 unspecified atom stereocenters. The van der Waals surface area contributed by atoms with Crippen molar-refractivity contribution in [1.29, 1.82) is 0 Å². The summed E-state index contributed by atoms with van der Waals surface area (Å²) in [5.41, 5.74) is 1.30. The lowest BCUT2D eigenvalue weighted by molar-refractivity contribution is 1.41. The van der Waals surface area contributed by atoms with Gasteiger partial charge in [0.25, 0.3) is 0 Å². The molecular weight excluding hydrogens is 240 g/mol. The van der Waals surface area contributed by atoms with Crippen molar-refractivity contribution in [2.45, 2.75) is 5.75 Å². The molecule has 1 rings (SSSR count). The van der Waals surface area contributed by atoms with Crippen molar-refractivity contribution in [3.8, 4) is 0 Å². The third kappa shape index (κ3) is 3.36. The molecular formula is C8H7BrS2. The maximum atomic E-state index is 4.71. The van der Waals surface area contributed by atoms with Crippen molar-refractivity contribution in [3.63, 3.8) is 0 Å². The summed E-state index contributed by atoms with van der Waals surface area (Å²) in [6.45, 7) is 0. The summed E-state index contributed by atoms with van der Waals surface area (Å²) >= 11 is 9.73. The standard InChI is InChI=1S/C8H7BrS2/c9-8-3-1-7(2-4-8)5-11-6-10/h1-4,6H,5H2. The van der Waals surface area contributed by atoms with Gasteiger partial charge in [-0.05, 0) is 17.7 Å². The van der Waals surface area contributed by atoms with Gasteiger partial charge >= 0.3 is 0 Å². The van der Waals surface area contributed by atoms with Gasteiger partial charge in [0.15, 0.2) is 0 Å². The number of thioether (sulfide) groups is 1. The zero-order valence-electron chi connectivity index (χ0n) is 5.79. The van der Waals surface area contributed by atoms with Crippen LogP contribution in [0.4, 0.5) is 0 Å². The Morgan fingerprint density at radius 2 is 2.00 bits per heavy atom. The van der Waals surface area contributed by atoms with Crippen molar-refractivity contribution in [2.24, 2.45) is 0 Å². The fourth-order valence-electron chi connectivity index (χ4n) is 0.711. The molecule has 0 N–H and O–H groups in total. The number of benzene rings is 1. The van der Waals surface area contributed by atoms with Crippen LogP contribution >= 0.6 is 39.9 Å². The Labute approximate surface area is 84.5 Å². The molecule has 0 spiro atoms. The monoisotopic (exact) mass is 246 g/mol. The predicted molar refractivity (Wildman–Crippen MR) is 59.1 cm³/mol. The number of thiocarbonyl (C=S) groups is 1. The van der Waals surface area contributed by atoms with Crippen molar-refractivity contribution in [2.75, 3.05) is 0 Å². The van der Waals surface area contributed by atoms with Gasteiger partial charge in [0.05, 0.1) is 0 Å². The van der Waals surface area contributed by atoms with Gasteiger partial charge in [-0.2, -0.15) is 0 Å². The average molecular weight is 247 g/mol. The van der Waals surface area contributed by atoms with E-state index in [-0.39, 0.29) is 0 Å².